The molecule has 1 fully saturated rings. The van der Waals surface area contributed by atoms with Crippen LogP contribution in [0.2, 0.25) is 0 Å². The van der Waals surface area contributed by atoms with Crippen molar-refractivity contribution in [2.75, 3.05) is 6.61 Å². The number of hydrogen-bond donors (Lipinski definition) is 1. The Labute approximate surface area is 189 Å². The van der Waals surface area contributed by atoms with Crippen LogP contribution in [0.25, 0.3) is 10.8 Å². The fourth-order valence-electron chi connectivity index (χ4n) is 4.50. The summed E-state index contributed by atoms with van der Waals surface area (Å²) in [7, 11) is 0. The van der Waals surface area contributed by atoms with Crippen LogP contribution in [0, 0.1) is 16.7 Å². The van der Waals surface area contributed by atoms with Crippen molar-refractivity contribution in [3.05, 3.63) is 66.2 Å². The van der Waals surface area contributed by atoms with Crippen LogP contribution in [0.1, 0.15) is 50.9 Å². The number of carbonyl (C=O) groups is 1. The van der Waals surface area contributed by atoms with Gasteiger partial charge in [0.15, 0.2) is 0 Å². The summed E-state index contributed by atoms with van der Waals surface area (Å²) in [6.45, 7) is 9.46. The molecule has 0 radical (unpaired) electrons. The van der Waals surface area contributed by atoms with Gasteiger partial charge in [-0.25, -0.2) is 4.79 Å². The third-order valence-electron chi connectivity index (χ3n) is 7.69. The molecule has 2 unspecified atom stereocenters. The summed E-state index contributed by atoms with van der Waals surface area (Å²) in [5.74, 6) is 0.360. The smallest absolute Gasteiger partial charge is 0.338 e. The molecule has 4 rings (SSSR count). The summed E-state index contributed by atoms with van der Waals surface area (Å²) in [5, 5.41) is 20.5. The molecule has 0 aliphatic heterocycles. The first kappa shape index (κ1) is 22.0. The lowest BCUT2D eigenvalue weighted by Crippen LogP contribution is -2.37. The number of esters is 1. The molecule has 0 spiro atoms. The number of azo groups is 1. The summed E-state index contributed by atoms with van der Waals surface area (Å²) in [6.07, 6.45) is 2.22. The first-order valence-electron chi connectivity index (χ1n) is 11.1. The number of ether oxygens (including phenoxy) is 1. The van der Waals surface area contributed by atoms with Gasteiger partial charge in [-0.15, -0.1) is 5.11 Å². The van der Waals surface area contributed by atoms with Crippen molar-refractivity contribution in [3.8, 4) is 5.75 Å². The Morgan fingerprint density at radius 2 is 1.75 bits per heavy atom. The summed E-state index contributed by atoms with van der Waals surface area (Å²) >= 11 is 0. The molecule has 1 N–H and O–H groups in total. The molecule has 32 heavy (non-hydrogen) atoms. The fraction of sp³-hybridized carbons (Fsp3) is 0.370. The molecule has 1 aliphatic carbocycles. The van der Waals surface area contributed by atoms with Gasteiger partial charge < -0.3 is 9.84 Å². The van der Waals surface area contributed by atoms with Crippen molar-refractivity contribution >= 4 is 28.1 Å². The van der Waals surface area contributed by atoms with E-state index in [9.17, 15) is 9.90 Å². The Kier molecular flexibility index (Phi) is 5.76. The van der Waals surface area contributed by atoms with Gasteiger partial charge in [0.05, 0.1) is 17.9 Å². The van der Waals surface area contributed by atoms with E-state index in [2.05, 4.69) is 37.9 Å². The molecular weight excluding hydrogens is 400 g/mol. The van der Waals surface area contributed by atoms with Gasteiger partial charge in [-0.05, 0) is 59.9 Å². The number of phenols is 1. The maximum Gasteiger partial charge on any atom is 0.338 e. The molecule has 1 aliphatic rings. The summed E-state index contributed by atoms with van der Waals surface area (Å²) in [6, 6.07) is 18.0. The van der Waals surface area contributed by atoms with Crippen LogP contribution >= 0.6 is 0 Å². The van der Waals surface area contributed by atoms with Gasteiger partial charge in [0.25, 0.3) is 0 Å². The predicted octanol–water partition coefficient (Wildman–Crippen LogP) is 7.58. The number of rotatable bonds is 5. The summed E-state index contributed by atoms with van der Waals surface area (Å²) in [4.78, 5) is 12.6. The van der Waals surface area contributed by atoms with Crippen molar-refractivity contribution in [2.45, 2.75) is 40.5 Å². The number of aromatic hydroxyl groups is 1. The SMILES string of the molecule is CC1CCC(C)(COC(=O)c2ccc(N=Nc3c(O)ccc4ccccc34)cc2)C1(C)C. The quantitative estimate of drug-likeness (QED) is 0.335. The molecule has 5 nitrogen and oxygen atoms in total. The number of carbonyl (C=O) groups excluding carboxylic acids is 1. The molecule has 166 valence electrons. The van der Waals surface area contributed by atoms with Gasteiger partial charge in [-0.1, -0.05) is 58.0 Å². The van der Waals surface area contributed by atoms with Crippen molar-refractivity contribution in [1.29, 1.82) is 0 Å². The number of hydrogen-bond acceptors (Lipinski definition) is 5. The zero-order chi connectivity index (χ0) is 22.9. The average Bonchev–Trinajstić information content (AvgIpc) is 3.00. The third-order valence-corrected chi connectivity index (χ3v) is 7.69. The minimum atomic E-state index is -0.322. The Balaban J connectivity index is 1.45. The van der Waals surface area contributed by atoms with E-state index in [0.717, 1.165) is 23.6 Å². The second-order valence-electron chi connectivity index (χ2n) is 9.70. The van der Waals surface area contributed by atoms with Crippen LogP contribution in [-0.4, -0.2) is 17.7 Å². The lowest BCUT2D eigenvalue weighted by Gasteiger charge is -2.40. The van der Waals surface area contributed by atoms with Crippen molar-refractivity contribution in [3.63, 3.8) is 0 Å². The highest BCUT2D eigenvalue weighted by Crippen LogP contribution is 2.55. The van der Waals surface area contributed by atoms with Gasteiger partial charge in [-0.2, -0.15) is 5.11 Å². The molecule has 0 saturated heterocycles. The number of nitrogens with zero attached hydrogens (tertiary/aromatic N) is 2. The summed E-state index contributed by atoms with van der Waals surface area (Å²) in [5.41, 5.74) is 1.62. The minimum Gasteiger partial charge on any atom is -0.506 e. The summed E-state index contributed by atoms with van der Waals surface area (Å²) < 4.78 is 5.71. The van der Waals surface area contributed by atoms with Gasteiger partial charge in [0.2, 0.25) is 0 Å². The first-order chi connectivity index (χ1) is 15.2. The van der Waals surface area contributed by atoms with E-state index in [1.54, 1.807) is 30.3 Å². The maximum absolute atomic E-state index is 12.6. The zero-order valence-corrected chi connectivity index (χ0v) is 19.1. The highest BCUT2D eigenvalue weighted by atomic mass is 16.5. The molecule has 0 heterocycles. The van der Waals surface area contributed by atoms with Crippen LogP contribution in [0.3, 0.4) is 0 Å². The fourth-order valence-corrected chi connectivity index (χ4v) is 4.50. The molecular formula is C27H30N2O3. The monoisotopic (exact) mass is 430 g/mol. The van der Waals surface area contributed by atoms with Gasteiger partial charge in [-0.3, -0.25) is 0 Å². The van der Waals surface area contributed by atoms with Crippen molar-refractivity contribution < 1.29 is 14.6 Å². The highest BCUT2D eigenvalue weighted by molar-refractivity contribution is 5.95. The normalized spacial score (nSPS) is 22.4. The van der Waals surface area contributed by atoms with E-state index in [-0.39, 0.29) is 22.5 Å². The number of fused-ring (bicyclic) bond motifs is 1. The molecule has 2 atom stereocenters. The second kappa shape index (κ2) is 8.38. The third kappa shape index (κ3) is 3.99. The largest absolute Gasteiger partial charge is 0.506 e. The molecule has 3 aromatic carbocycles. The van der Waals surface area contributed by atoms with Gasteiger partial charge >= 0.3 is 5.97 Å². The van der Waals surface area contributed by atoms with Gasteiger partial charge in [0, 0.05) is 10.8 Å². The van der Waals surface area contributed by atoms with E-state index >= 15 is 0 Å². The topological polar surface area (TPSA) is 71.2 Å². The van der Waals surface area contributed by atoms with E-state index < -0.39 is 0 Å². The van der Waals surface area contributed by atoms with Crippen LogP contribution in [0.5, 0.6) is 5.75 Å². The van der Waals surface area contributed by atoms with Crippen molar-refractivity contribution in [1.82, 2.24) is 0 Å². The van der Waals surface area contributed by atoms with E-state index in [4.69, 9.17) is 4.74 Å². The van der Waals surface area contributed by atoms with Crippen LogP contribution < -0.4 is 0 Å². The number of benzene rings is 3. The van der Waals surface area contributed by atoms with Crippen molar-refractivity contribution in [2.24, 2.45) is 27.0 Å². The Morgan fingerprint density at radius 3 is 2.44 bits per heavy atom. The number of phenolic OH excluding ortho intramolecular Hbond substituents is 1. The Bertz CT molecular complexity index is 1170. The minimum absolute atomic E-state index is 0.0172. The maximum atomic E-state index is 12.6. The average molecular weight is 431 g/mol. The Hall–Kier alpha value is -3.21. The first-order valence-corrected chi connectivity index (χ1v) is 11.1. The van der Waals surface area contributed by atoms with E-state index in [0.29, 0.717) is 29.5 Å². The van der Waals surface area contributed by atoms with Crippen LogP contribution in [-0.2, 0) is 4.74 Å². The zero-order valence-electron chi connectivity index (χ0n) is 19.1. The molecule has 5 heteroatoms. The lowest BCUT2D eigenvalue weighted by molar-refractivity contribution is -0.00349. The van der Waals surface area contributed by atoms with Crippen LogP contribution in [0.15, 0.2) is 70.9 Å². The van der Waals surface area contributed by atoms with E-state index in [1.165, 1.54) is 0 Å². The molecule has 0 aromatic heterocycles. The highest BCUT2D eigenvalue weighted by Gasteiger charge is 2.50. The molecule has 1 saturated carbocycles. The predicted molar refractivity (Wildman–Crippen MR) is 127 cm³/mol. The van der Waals surface area contributed by atoms with E-state index in [1.807, 2.05) is 30.3 Å². The second-order valence-corrected chi connectivity index (χ2v) is 9.70. The lowest BCUT2D eigenvalue weighted by atomic mass is 9.66. The van der Waals surface area contributed by atoms with Gasteiger partial charge in [0.1, 0.15) is 11.4 Å². The Morgan fingerprint density at radius 1 is 1.03 bits per heavy atom. The standard InChI is InChI=1S/C27H30N2O3/c1-18-15-16-27(4,26(18,2)3)17-32-25(31)20-9-12-21(13-10-20)28-29-24-22-8-6-5-7-19(22)11-14-23(24)30/h5-14,18,30H,15-17H2,1-4H3. The molecule has 3 aromatic rings. The molecule has 0 amide bonds. The molecule has 0 bridgehead atoms. The van der Waals surface area contributed by atoms with Crippen LogP contribution in [0.4, 0.5) is 11.4 Å².